The number of piperidine rings is 1. The van der Waals surface area contributed by atoms with Crippen molar-refractivity contribution in [2.75, 3.05) is 13.1 Å². The second kappa shape index (κ2) is 10.5. The minimum atomic E-state index is -0.237. The van der Waals surface area contributed by atoms with Gasteiger partial charge in [-0.15, -0.1) is 0 Å². The molecule has 1 N–H and O–H groups in total. The van der Waals surface area contributed by atoms with E-state index in [2.05, 4.69) is 40.3 Å². The van der Waals surface area contributed by atoms with E-state index < -0.39 is 0 Å². The zero-order chi connectivity index (χ0) is 26.9. The maximum atomic E-state index is 14.2. The van der Waals surface area contributed by atoms with Gasteiger partial charge in [0, 0.05) is 62.1 Å². The summed E-state index contributed by atoms with van der Waals surface area (Å²) < 4.78 is 3.76. The fourth-order valence-corrected chi connectivity index (χ4v) is 6.04. The molecular formula is C32H33N5O2. The van der Waals surface area contributed by atoms with Crippen molar-refractivity contribution in [3.63, 3.8) is 0 Å². The summed E-state index contributed by atoms with van der Waals surface area (Å²) in [5.41, 5.74) is 4.73. The van der Waals surface area contributed by atoms with Gasteiger partial charge in [0.1, 0.15) is 0 Å². The van der Waals surface area contributed by atoms with Crippen LogP contribution in [0.25, 0.3) is 10.9 Å². The predicted molar refractivity (Wildman–Crippen MR) is 151 cm³/mol. The van der Waals surface area contributed by atoms with Gasteiger partial charge in [0.25, 0.3) is 5.56 Å². The number of amides is 1. The molecule has 6 rings (SSSR count). The second-order valence-corrected chi connectivity index (χ2v) is 10.9. The van der Waals surface area contributed by atoms with Crippen LogP contribution in [0.15, 0.2) is 77.9 Å². The Morgan fingerprint density at radius 1 is 1.10 bits per heavy atom. The SMILES string of the molecule is Cn1ccc([C@H]2CCNC[C@@H]2C(=O)N(Cc2cn(Cc3ccccc3)c3cccc(C#N)c23)C2CC2)cc1=O. The fourth-order valence-electron chi connectivity index (χ4n) is 6.04. The quantitative estimate of drug-likeness (QED) is 0.398. The van der Waals surface area contributed by atoms with E-state index in [0.717, 1.165) is 47.8 Å². The van der Waals surface area contributed by atoms with Crippen LogP contribution in [-0.4, -0.2) is 39.1 Å². The minimum absolute atomic E-state index is 0.00277. The normalized spacial score (nSPS) is 19.1. The van der Waals surface area contributed by atoms with Gasteiger partial charge in [-0.2, -0.15) is 5.26 Å². The molecule has 4 aromatic rings. The van der Waals surface area contributed by atoms with Gasteiger partial charge in [-0.3, -0.25) is 9.59 Å². The van der Waals surface area contributed by atoms with Gasteiger partial charge in [0.05, 0.1) is 17.6 Å². The lowest BCUT2D eigenvalue weighted by Gasteiger charge is -2.35. The zero-order valence-corrected chi connectivity index (χ0v) is 22.2. The summed E-state index contributed by atoms with van der Waals surface area (Å²) in [6.07, 6.45) is 6.73. The highest BCUT2D eigenvalue weighted by Crippen LogP contribution is 2.37. The molecule has 2 fully saturated rings. The van der Waals surface area contributed by atoms with Crippen molar-refractivity contribution < 1.29 is 4.79 Å². The molecule has 1 saturated carbocycles. The van der Waals surface area contributed by atoms with Gasteiger partial charge >= 0.3 is 0 Å². The number of nitrogens with zero attached hydrogens (tertiary/aromatic N) is 4. The number of carbonyl (C=O) groups is 1. The molecule has 2 aromatic carbocycles. The maximum Gasteiger partial charge on any atom is 0.250 e. The number of pyridine rings is 1. The van der Waals surface area contributed by atoms with Crippen molar-refractivity contribution in [3.8, 4) is 6.07 Å². The Morgan fingerprint density at radius 2 is 1.92 bits per heavy atom. The van der Waals surface area contributed by atoms with Crippen molar-refractivity contribution in [2.24, 2.45) is 13.0 Å². The smallest absolute Gasteiger partial charge is 0.250 e. The summed E-state index contributed by atoms with van der Waals surface area (Å²) in [6.45, 7) is 2.59. The van der Waals surface area contributed by atoms with E-state index in [1.54, 1.807) is 23.9 Å². The van der Waals surface area contributed by atoms with Gasteiger partial charge in [-0.05, 0) is 66.6 Å². The van der Waals surface area contributed by atoms with E-state index >= 15 is 0 Å². The van der Waals surface area contributed by atoms with Gasteiger partial charge < -0.3 is 19.4 Å². The number of benzene rings is 2. The molecule has 7 heteroatoms. The standard InChI is InChI=1S/C32H33N5O2/c1-35-15-13-23(16-30(35)38)27-12-14-34-18-28(27)32(39)37(26-10-11-26)21-25-20-36(19-22-6-3-2-4-7-22)29-9-5-8-24(17-33)31(25)29/h2-9,13,15-16,20,26-28,34H,10-12,14,18-19,21H2,1H3/t27-,28+/m1/s1. The minimum Gasteiger partial charge on any atom is -0.343 e. The third-order valence-electron chi connectivity index (χ3n) is 8.27. The first-order valence-corrected chi connectivity index (χ1v) is 13.8. The lowest BCUT2D eigenvalue weighted by molar-refractivity contribution is -0.138. The van der Waals surface area contributed by atoms with Gasteiger partial charge in [0.2, 0.25) is 5.91 Å². The molecule has 0 spiro atoms. The number of hydrogen-bond acceptors (Lipinski definition) is 4. The number of hydrogen-bond donors (Lipinski definition) is 1. The molecule has 1 aliphatic heterocycles. The summed E-state index contributed by atoms with van der Waals surface area (Å²) in [6, 6.07) is 22.4. The van der Waals surface area contributed by atoms with Crippen LogP contribution in [0.5, 0.6) is 0 Å². The number of fused-ring (bicyclic) bond motifs is 1. The number of carbonyl (C=O) groups excluding carboxylic acids is 1. The van der Waals surface area contributed by atoms with Crippen molar-refractivity contribution in [1.82, 2.24) is 19.4 Å². The molecule has 1 aliphatic carbocycles. The van der Waals surface area contributed by atoms with Gasteiger partial charge in [0.15, 0.2) is 0 Å². The number of nitriles is 1. The molecule has 7 nitrogen and oxygen atoms in total. The summed E-state index contributed by atoms with van der Waals surface area (Å²) in [4.78, 5) is 28.7. The monoisotopic (exact) mass is 519 g/mol. The molecule has 2 atom stereocenters. The Kier molecular flexibility index (Phi) is 6.80. The van der Waals surface area contributed by atoms with E-state index in [1.807, 2.05) is 41.3 Å². The average Bonchev–Trinajstić information content (AvgIpc) is 3.76. The Bertz CT molecular complexity index is 1610. The molecule has 1 amide bonds. The number of nitrogens with one attached hydrogen (secondary N) is 1. The molecule has 2 aliphatic rings. The zero-order valence-electron chi connectivity index (χ0n) is 22.2. The number of aryl methyl sites for hydroxylation is 1. The van der Waals surface area contributed by atoms with E-state index in [9.17, 15) is 14.9 Å². The lowest BCUT2D eigenvalue weighted by Crippen LogP contribution is -2.47. The van der Waals surface area contributed by atoms with Crippen LogP contribution in [0.2, 0.25) is 0 Å². The van der Waals surface area contributed by atoms with E-state index in [-0.39, 0.29) is 29.3 Å². The molecule has 0 unspecified atom stereocenters. The molecule has 2 aromatic heterocycles. The maximum absolute atomic E-state index is 14.2. The first-order chi connectivity index (χ1) is 19.0. The van der Waals surface area contributed by atoms with E-state index in [4.69, 9.17) is 0 Å². The Morgan fingerprint density at radius 3 is 2.67 bits per heavy atom. The molecule has 39 heavy (non-hydrogen) atoms. The van der Waals surface area contributed by atoms with Crippen molar-refractivity contribution in [2.45, 2.75) is 44.3 Å². The van der Waals surface area contributed by atoms with Crippen LogP contribution >= 0.6 is 0 Å². The molecule has 0 bridgehead atoms. The largest absolute Gasteiger partial charge is 0.343 e. The van der Waals surface area contributed by atoms with Crippen LogP contribution in [0.4, 0.5) is 0 Å². The fraction of sp³-hybridized carbons (Fsp3) is 0.344. The van der Waals surface area contributed by atoms with Crippen LogP contribution in [0, 0.1) is 17.2 Å². The summed E-state index contributed by atoms with van der Waals surface area (Å²) >= 11 is 0. The Labute approximate surface area is 228 Å². The van der Waals surface area contributed by atoms with Crippen molar-refractivity contribution in [3.05, 3.63) is 106 Å². The van der Waals surface area contributed by atoms with Crippen molar-refractivity contribution >= 4 is 16.8 Å². The first kappa shape index (κ1) is 25.1. The third kappa shape index (κ3) is 5.00. The van der Waals surface area contributed by atoms with Gasteiger partial charge in [-0.25, -0.2) is 0 Å². The number of rotatable bonds is 7. The summed E-state index contributed by atoms with van der Waals surface area (Å²) in [7, 11) is 1.75. The highest BCUT2D eigenvalue weighted by molar-refractivity contribution is 5.90. The first-order valence-electron chi connectivity index (χ1n) is 13.8. The molecule has 1 saturated heterocycles. The van der Waals surface area contributed by atoms with Crippen molar-refractivity contribution in [1.29, 1.82) is 5.26 Å². The highest BCUT2D eigenvalue weighted by atomic mass is 16.2. The lowest BCUT2D eigenvalue weighted by atomic mass is 9.80. The molecular weight excluding hydrogens is 486 g/mol. The highest BCUT2D eigenvalue weighted by Gasteiger charge is 2.40. The van der Waals surface area contributed by atoms with Crippen LogP contribution in [0.1, 0.15) is 47.4 Å². The molecule has 3 heterocycles. The van der Waals surface area contributed by atoms with E-state index in [0.29, 0.717) is 25.2 Å². The molecule has 0 radical (unpaired) electrons. The van der Waals surface area contributed by atoms with Crippen LogP contribution in [-0.2, 0) is 24.9 Å². The Hall–Kier alpha value is -4.15. The van der Waals surface area contributed by atoms with Crippen LogP contribution in [0.3, 0.4) is 0 Å². The number of aromatic nitrogens is 2. The van der Waals surface area contributed by atoms with E-state index in [1.165, 1.54) is 5.56 Å². The molecule has 198 valence electrons. The second-order valence-electron chi connectivity index (χ2n) is 10.9. The average molecular weight is 520 g/mol. The summed E-state index contributed by atoms with van der Waals surface area (Å²) in [5.74, 6) is -0.101. The topological polar surface area (TPSA) is 83.1 Å². The predicted octanol–water partition coefficient (Wildman–Crippen LogP) is 4.14. The van der Waals surface area contributed by atoms with Crippen LogP contribution < -0.4 is 10.9 Å². The third-order valence-corrected chi connectivity index (χ3v) is 8.27. The summed E-state index contributed by atoms with van der Waals surface area (Å²) in [5, 5.41) is 14.3. The Balaban J connectivity index is 1.35. The van der Waals surface area contributed by atoms with Gasteiger partial charge in [-0.1, -0.05) is 36.4 Å².